The number of hydrogen-bond donors (Lipinski definition) is 0. The van der Waals surface area contributed by atoms with E-state index in [0.717, 1.165) is 11.3 Å². The Morgan fingerprint density at radius 3 is 2.79 bits per heavy atom. The molecule has 2 heterocycles. The van der Waals surface area contributed by atoms with E-state index in [1.807, 2.05) is 0 Å². The number of ketones is 1. The Bertz CT molecular complexity index is 692. The van der Waals surface area contributed by atoms with Crippen molar-refractivity contribution in [3.8, 4) is 6.07 Å². The average Bonchev–Trinajstić information content (AvgIpc) is 3.06. The zero-order chi connectivity index (χ0) is 13.8. The number of furan rings is 1. The summed E-state index contributed by atoms with van der Waals surface area (Å²) in [5.41, 5.74) is -0.133. The lowest BCUT2D eigenvalue weighted by Gasteiger charge is -1.93. The molecule has 94 valence electrons. The van der Waals surface area contributed by atoms with Crippen LogP contribution in [0.2, 0.25) is 0 Å². The smallest absolute Gasteiger partial charge is 0.324 e. The maximum Gasteiger partial charge on any atom is 0.324 e. The number of carbonyl (C=O) groups excluding carboxylic acids is 1. The van der Waals surface area contributed by atoms with Crippen LogP contribution in [0, 0.1) is 21.4 Å². The lowest BCUT2D eigenvalue weighted by molar-refractivity contribution is -0.380. The Hall–Kier alpha value is -2.72. The topological polar surface area (TPSA) is 97.1 Å². The standard InChI is InChI=1S/C12H6N2O4S/c13-7-8(12(15)10-2-1-5-18-10)6-9-3-4-11(19-9)14(16)17/h1-6H. The van der Waals surface area contributed by atoms with Gasteiger partial charge in [0.15, 0.2) is 5.76 Å². The Labute approximate surface area is 111 Å². The largest absolute Gasteiger partial charge is 0.461 e. The Balaban J connectivity index is 2.31. The molecule has 2 aromatic heterocycles. The first kappa shape index (κ1) is 12.7. The maximum absolute atomic E-state index is 11.9. The lowest BCUT2D eigenvalue weighted by Crippen LogP contribution is -1.99. The van der Waals surface area contributed by atoms with Crippen LogP contribution in [0.25, 0.3) is 6.08 Å². The molecule has 0 spiro atoms. The highest BCUT2D eigenvalue weighted by molar-refractivity contribution is 7.16. The average molecular weight is 274 g/mol. The zero-order valence-electron chi connectivity index (χ0n) is 9.40. The van der Waals surface area contributed by atoms with Gasteiger partial charge in [-0.15, -0.1) is 0 Å². The second-order valence-corrected chi connectivity index (χ2v) is 4.50. The van der Waals surface area contributed by atoms with Gasteiger partial charge in [0.05, 0.1) is 11.2 Å². The van der Waals surface area contributed by atoms with Gasteiger partial charge < -0.3 is 4.42 Å². The zero-order valence-corrected chi connectivity index (χ0v) is 10.2. The molecule has 0 aromatic carbocycles. The minimum absolute atomic E-state index is 0.0472. The van der Waals surface area contributed by atoms with Gasteiger partial charge in [0, 0.05) is 10.9 Å². The fourth-order valence-electron chi connectivity index (χ4n) is 1.35. The van der Waals surface area contributed by atoms with Gasteiger partial charge in [0.2, 0.25) is 5.78 Å². The van der Waals surface area contributed by atoms with E-state index in [2.05, 4.69) is 0 Å². The van der Waals surface area contributed by atoms with Gasteiger partial charge >= 0.3 is 5.00 Å². The van der Waals surface area contributed by atoms with E-state index >= 15 is 0 Å². The number of allylic oxidation sites excluding steroid dienone is 1. The van der Waals surface area contributed by atoms with Gasteiger partial charge in [-0.3, -0.25) is 14.9 Å². The van der Waals surface area contributed by atoms with Crippen LogP contribution in [0.3, 0.4) is 0 Å². The van der Waals surface area contributed by atoms with Crippen LogP contribution in [0.1, 0.15) is 15.4 Å². The monoisotopic (exact) mass is 274 g/mol. The molecule has 0 amide bonds. The van der Waals surface area contributed by atoms with E-state index in [9.17, 15) is 14.9 Å². The quantitative estimate of drug-likeness (QED) is 0.280. The van der Waals surface area contributed by atoms with Gasteiger partial charge in [0.25, 0.3) is 0 Å². The van der Waals surface area contributed by atoms with Crippen molar-refractivity contribution in [3.05, 3.63) is 56.9 Å². The van der Waals surface area contributed by atoms with Crippen LogP contribution in [-0.4, -0.2) is 10.7 Å². The first-order valence-electron chi connectivity index (χ1n) is 5.06. The second-order valence-electron chi connectivity index (χ2n) is 3.41. The van der Waals surface area contributed by atoms with Crippen LogP contribution in [0.15, 0.2) is 40.5 Å². The second kappa shape index (κ2) is 5.29. The molecule has 0 aliphatic carbocycles. The van der Waals surface area contributed by atoms with Crippen LogP contribution < -0.4 is 0 Å². The number of nitro groups is 1. The molecule has 0 aliphatic heterocycles. The van der Waals surface area contributed by atoms with Gasteiger partial charge in [-0.2, -0.15) is 5.26 Å². The normalized spacial score (nSPS) is 11.0. The summed E-state index contributed by atoms with van der Waals surface area (Å²) in [7, 11) is 0. The third kappa shape index (κ3) is 2.75. The molecule has 0 fully saturated rings. The molecule has 2 aromatic rings. The van der Waals surface area contributed by atoms with Crippen molar-refractivity contribution in [3.63, 3.8) is 0 Å². The fourth-order valence-corrected chi connectivity index (χ4v) is 2.11. The summed E-state index contributed by atoms with van der Waals surface area (Å²) in [6.07, 6.45) is 2.64. The summed E-state index contributed by atoms with van der Waals surface area (Å²) in [5.74, 6) is -0.498. The third-order valence-corrected chi connectivity index (χ3v) is 3.17. The molecular formula is C12H6N2O4S. The van der Waals surface area contributed by atoms with Crippen LogP contribution >= 0.6 is 11.3 Å². The van der Waals surface area contributed by atoms with E-state index in [1.54, 1.807) is 6.07 Å². The molecule has 0 atom stereocenters. The molecule has 0 unspecified atom stereocenters. The van der Waals surface area contributed by atoms with Crippen molar-refractivity contribution in [1.82, 2.24) is 0 Å². The molecule has 0 aliphatic rings. The number of carbonyl (C=O) groups is 1. The molecule has 0 N–H and O–H groups in total. The lowest BCUT2D eigenvalue weighted by atomic mass is 10.1. The summed E-state index contributed by atoms with van der Waals surface area (Å²) in [4.78, 5) is 22.3. The van der Waals surface area contributed by atoms with Crippen LogP contribution in [0.4, 0.5) is 5.00 Å². The molecule has 0 radical (unpaired) electrons. The van der Waals surface area contributed by atoms with Crippen molar-refractivity contribution in [1.29, 1.82) is 5.26 Å². The Kier molecular flexibility index (Phi) is 3.54. The predicted octanol–water partition coefficient (Wildman–Crippen LogP) is 3.04. The van der Waals surface area contributed by atoms with E-state index in [0.29, 0.717) is 4.88 Å². The highest BCUT2D eigenvalue weighted by Crippen LogP contribution is 2.26. The van der Waals surface area contributed by atoms with Crippen molar-refractivity contribution < 1.29 is 14.1 Å². The van der Waals surface area contributed by atoms with E-state index in [4.69, 9.17) is 9.68 Å². The molecule has 0 saturated carbocycles. The van der Waals surface area contributed by atoms with Gasteiger partial charge in [-0.1, -0.05) is 11.3 Å². The van der Waals surface area contributed by atoms with Gasteiger partial charge in [-0.05, 0) is 24.3 Å². The molecule has 6 nitrogen and oxygen atoms in total. The number of nitrogens with zero attached hydrogens (tertiary/aromatic N) is 2. The Morgan fingerprint density at radius 1 is 1.47 bits per heavy atom. The van der Waals surface area contributed by atoms with Gasteiger partial charge in [-0.25, -0.2) is 0 Å². The molecular weight excluding hydrogens is 268 g/mol. The Morgan fingerprint density at radius 2 is 2.26 bits per heavy atom. The number of Topliss-reactive ketones (excluding diaryl/α,β-unsaturated/α-hetero) is 1. The number of nitriles is 1. The van der Waals surface area contributed by atoms with Crippen molar-refractivity contribution in [2.75, 3.05) is 0 Å². The maximum atomic E-state index is 11.9. The summed E-state index contributed by atoms with van der Waals surface area (Å²) < 4.78 is 4.91. The van der Waals surface area contributed by atoms with Crippen LogP contribution in [0.5, 0.6) is 0 Å². The molecule has 0 saturated heterocycles. The number of rotatable bonds is 4. The predicted molar refractivity (Wildman–Crippen MR) is 67.6 cm³/mol. The van der Waals surface area contributed by atoms with E-state index in [-0.39, 0.29) is 16.3 Å². The highest BCUT2D eigenvalue weighted by Gasteiger charge is 2.16. The summed E-state index contributed by atoms with van der Waals surface area (Å²) in [5, 5.41) is 19.5. The first-order valence-corrected chi connectivity index (χ1v) is 5.87. The third-order valence-electron chi connectivity index (χ3n) is 2.19. The minimum atomic E-state index is -0.552. The fraction of sp³-hybridized carbons (Fsp3) is 0. The highest BCUT2D eigenvalue weighted by atomic mass is 32.1. The molecule has 19 heavy (non-hydrogen) atoms. The van der Waals surface area contributed by atoms with E-state index < -0.39 is 10.7 Å². The van der Waals surface area contributed by atoms with Crippen LogP contribution in [-0.2, 0) is 0 Å². The number of hydrogen-bond acceptors (Lipinski definition) is 6. The number of thiophene rings is 1. The molecule has 0 bridgehead atoms. The summed E-state index contributed by atoms with van der Waals surface area (Å²) >= 11 is 0.890. The van der Waals surface area contributed by atoms with Gasteiger partial charge in [0.1, 0.15) is 11.6 Å². The SMILES string of the molecule is N#CC(=Cc1ccc([N+](=O)[O-])s1)C(=O)c1ccco1. The van der Waals surface area contributed by atoms with E-state index in [1.165, 1.54) is 36.6 Å². The summed E-state index contributed by atoms with van der Waals surface area (Å²) in [6, 6.07) is 7.56. The van der Waals surface area contributed by atoms with Crippen molar-refractivity contribution >= 4 is 28.2 Å². The van der Waals surface area contributed by atoms with Crippen molar-refractivity contribution in [2.24, 2.45) is 0 Å². The molecule has 2 rings (SSSR count). The minimum Gasteiger partial charge on any atom is -0.461 e. The summed E-state index contributed by atoms with van der Waals surface area (Å²) in [6.45, 7) is 0. The molecule has 7 heteroatoms. The first-order chi connectivity index (χ1) is 9.11. The van der Waals surface area contributed by atoms with Crippen molar-refractivity contribution in [2.45, 2.75) is 0 Å².